The van der Waals surface area contributed by atoms with Crippen molar-refractivity contribution in [1.82, 2.24) is 0 Å². The molecule has 5 rings (SSSR count). The smallest absolute Gasteiger partial charge is 0.295 e. The summed E-state index contributed by atoms with van der Waals surface area (Å²) in [6.45, 7) is 3.82. The number of halogens is 1. The maximum absolute atomic E-state index is 13.7. The molecule has 0 radical (unpaired) electrons. The molecule has 8 heteroatoms. The first-order chi connectivity index (χ1) is 15.8. The lowest BCUT2D eigenvalue weighted by molar-refractivity contribution is -0.384. The summed E-state index contributed by atoms with van der Waals surface area (Å²) in [7, 11) is 0. The predicted molar refractivity (Wildman–Crippen MR) is 128 cm³/mol. The van der Waals surface area contributed by atoms with Gasteiger partial charge in [-0.15, -0.1) is 0 Å². The lowest BCUT2D eigenvalue weighted by atomic mass is 9.97. The van der Waals surface area contributed by atoms with Gasteiger partial charge in [-0.25, -0.2) is 0 Å². The molecule has 33 heavy (non-hydrogen) atoms. The van der Waals surface area contributed by atoms with Crippen LogP contribution in [0.4, 0.5) is 11.4 Å². The van der Waals surface area contributed by atoms with Crippen LogP contribution in [0.25, 0.3) is 11.0 Å². The van der Waals surface area contributed by atoms with Crippen LogP contribution in [0.3, 0.4) is 0 Å². The van der Waals surface area contributed by atoms with Crippen LogP contribution in [-0.2, 0) is 0 Å². The lowest BCUT2D eigenvalue weighted by Crippen LogP contribution is -2.29. The molecule has 3 aromatic carbocycles. The first-order valence-corrected chi connectivity index (χ1v) is 11.0. The summed E-state index contributed by atoms with van der Waals surface area (Å²) in [5, 5.41) is 11.5. The van der Waals surface area contributed by atoms with Gasteiger partial charge in [0.1, 0.15) is 5.58 Å². The van der Waals surface area contributed by atoms with Crippen LogP contribution in [0.1, 0.15) is 38.9 Å². The molecule has 4 aromatic rings. The molecular formula is C25H17BrN2O5. The van der Waals surface area contributed by atoms with Gasteiger partial charge in [-0.3, -0.25) is 24.6 Å². The minimum absolute atomic E-state index is 0.0147. The highest BCUT2D eigenvalue weighted by molar-refractivity contribution is 9.10. The third-order valence-corrected chi connectivity index (χ3v) is 6.49. The number of hydrogen-bond acceptors (Lipinski definition) is 5. The molecule has 0 bridgehead atoms. The molecule has 1 aliphatic heterocycles. The molecule has 1 aliphatic rings. The van der Waals surface area contributed by atoms with Gasteiger partial charge in [0.25, 0.3) is 11.6 Å². The number of carbonyl (C=O) groups is 1. The van der Waals surface area contributed by atoms with Gasteiger partial charge in [-0.2, -0.15) is 0 Å². The quantitative estimate of drug-likeness (QED) is 0.258. The third-order valence-electron chi connectivity index (χ3n) is 5.99. The maximum Gasteiger partial charge on any atom is 0.295 e. The molecule has 1 atom stereocenters. The maximum atomic E-state index is 13.7. The number of nitro groups is 1. The van der Waals surface area contributed by atoms with Crippen molar-refractivity contribution in [2.24, 2.45) is 0 Å². The molecule has 7 nitrogen and oxygen atoms in total. The Labute approximate surface area is 196 Å². The Morgan fingerprint density at radius 1 is 1.00 bits per heavy atom. The fourth-order valence-corrected chi connectivity index (χ4v) is 4.60. The topological polar surface area (TPSA) is 93.7 Å². The number of fused-ring (bicyclic) bond motifs is 2. The van der Waals surface area contributed by atoms with E-state index in [0.717, 1.165) is 15.6 Å². The highest BCUT2D eigenvalue weighted by atomic mass is 79.9. The zero-order chi connectivity index (χ0) is 23.4. The number of rotatable bonds is 3. The summed E-state index contributed by atoms with van der Waals surface area (Å²) in [6.07, 6.45) is 0. The van der Waals surface area contributed by atoms with E-state index in [0.29, 0.717) is 22.2 Å². The van der Waals surface area contributed by atoms with E-state index >= 15 is 0 Å². The van der Waals surface area contributed by atoms with Gasteiger partial charge in [0.15, 0.2) is 5.43 Å². The van der Waals surface area contributed by atoms with Crippen LogP contribution in [-0.4, -0.2) is 10.8 Å². The van der Waals surface area contributed by atoms with Crippen molar-refractivity contribution < 1.29 is 14.1 Å². The Morgan fingerprint density at radius 3 is 2.36 bits per heavy atom. The summed E-state index contributed by atoms with van der Waals surface area (Å²) in [5.41, 5.74) is 3.25. The molecule has 0 aliphatic carbocycles. The second-order valence-corrected chi connectivity index (χ2v) is 8.93. The van der Waals surface area contributed by atoms with Gasteiger partial charge >= 0.3 is 0 Å². The van der Waals surface area contributed by atoms with Crippen LogP contribution in [0.5, 0.6) is 0 Å². The number of benzene rings is 3. The van der Waals surface area contributed by atoms with E-state index in [1.165, 1.54) is 17.0 Å². The zero-order valence-corrected chi connectivity index (χ0v) is 19.3. The monoisotopic (exact) mass is 504 g/mol. The van der Waals surface area contributed by atoms with E-state index in [-0.39, 0.29) is 22.4 Å². The molecule has 1 aromatic heterocycles. The molecule has 1 amide bonds. The Balaban J connectivity index is 1.80. The molecule has 164 valence electrons. The number of amides is 1. The number of anilines is 1. The fraction of sp³-hybridized carbons (Fsp3) is 0.120. The number of aryl methyl sites for hydroxylation is 2. The van der Waals surface area contributed by atoms with Gasteiger partial charge < -0.3 is 4.42 Å². The lowest BCUT2D eigenvalue weighted by Gasteiger charge is -2.25. The van der Waals surface area contributed by atoms with Crippen LogP contribution in [0, 0.1) is 24.0 Å². The van der Waals surface area contributed by atoms with Crippen LogP contribution in [0.2, 0.25) is 0 Å². The van der Waals surface area contributed by atoms with Gasteiger partial charge in [-0.1, -0.05) is 22.0 Å². The van der Waals surface area contributed by atoms with E-state index in [1.807, 2.05) is 19.9 Å². The summed E-state index contributed by atoms with van der Waals surface area (Å²) < 4.78 is 6.78. The second-order valence-electron chi connectivity index (χ2n) is 8.01. The largest absolute Gasteiger partial charge is 0.450 e. The molecule has 0 spiro atoms. The van der Waals surface area contributed by atoms with Gasteiger partial charge in [0, 0.05) is 22.3 Å². The van der Waals surface area contributed by atoms with Gasteiger partial charge in [-0.05, 0) is 73.0 Å². The Bertz CT molecular complexity index is 1520. The van der Waals surface area contributed by atoms with Crippen LogP contribution in [0.15, 0.2) is 74.3 Å². The Morgan fingerprint density at radius 2 is 1.70 bits per heavy atom. The Kier molecular flexibility index (Phi) is 4.90. The Hall–Kier alpha value is -3.78. The standard InChI is InChI=1S/C25H17BrN2O5/c1-13-10-19-20(11-14(13)2)33-24-21(23(19)29)22(15-6-8-17(9-7-15)28(31)32)27(25(24)30)18-5-3-4-16(26)12-18/h3-12,22H,1-2H3. The van der Waals surface area contributed by atoms with E-state index < -0.39 is 16.9 Å². The average Bonchev–Trinajstić information content (AvgIpc) is 3.08. The molecule has 0 fully saturated rings. The van der Waals surface area contributed by atoms with Crippen LogP contribution < -0.4 is 10.3 Å². The normalized spacial score (nSPS) is 15.2. The van der Waals surface area contributed by atoms with E-state index in [2.05, 4.69) is 15.9 Å². The number of nitro benzene ring substituents is 1. The zero-order valence-electron chi connectivity index (χ0n) is 17.7. The summed E-state index contributed by atoms with van der Waals surface area (Å²) >= 11 is 3.43. The van der Waals surface area contributed by atoms with Crippen LogP contribution >= 0.6 is 15.9 Å². The molecular weight excluding hydrogens is 488 g/mol. The minimum Gasteiger partial charge on any atom is -0.450 e. The van der Waals surface area contributed by atoms with Gasteiger partial charge in [0.2, 0.25) is 5.76 Å². The van der Waals surface area contributed by atoms with E-state index in [4.69, 9.17) is 4.42 Å². The summed E-state index contributed by atoms with van der Waals surface area (Å²) in [5.74, 6) is -0.456. The highest BCUT2D eigenvalue weighted by Gasteiger charge is 2.43. The first-order valence-electron chi connectivity index (χ1n) is 10.2. The molecule has 0 saturated carbocycles. The number of non-ortho nitro benzene ring substituents is 1. The molecule has 0 saturated heterocycles. The number of carbonyl (C=O) groups excluding carboxylic acids is 1. The van der Waals surface area contributed by atoms with E-state index in [1.54, 1.807) is 42.5 Å². The summed E-state index contributed by atoms with van der Waals surface area (Å²) in [6, 6.07) is 15.8. The van der Waals surface area contributed by atoms with E-state index in [9.17, 15) is 19.7 Å². The average molecular weight is 505 g/mol. The van der Waals surface area contributed by atoms with Gasteiger partial charge in [0.05, 0.1) is 21.9 Å². The van der Waals surface area contributed by atoms with Crippen molar-refractivity contribution >= 4 is 44.2 Å². The SMILES string of the molecule is Cc1cc2oc3c(c(=O)c2cc1C)C(c1ccc([N+](=O)[O-])cc1)N(c1cccc(Br)c1)C3=O. The second kappa shape index (κ2) is 7.67. The van der Waals surface area contributed by atoms with Crippen molar-refractivity contribution in [2.75, 3.05) is 4.90 Å². The minimum atomic E-state index is -0.787. The number of nitrogens with zero attached hydrogens (tertiary/aromatic N) is 2. The van der Waals surface area contributed by atoms with Crippen molar-refractivity contribution in [2.45, 2.75) is 19.9 Å². The molecule has 2 heterocycles. The molecule has 1 unspecified atom stereocenters. The molecule has 0 N–H and O–H groups in total. The van der Waals surface area contributed by atoms with Crippen molar-refractivity contribution in [3.8, 4) is 0 Å². The summed E-state index contributed by atoms with van der Waals surface area (Å²) in [4.78, 5) is 39.4. The van der Waals surface area contributed by atoms with Crippen molar-refractivity contribution in [1.29, 1.82) is 0 Å². The number of hydrogen-bond donors (Lipinski definition) is 0. The van der Waals surface area contributed by atoms with Crippen molar-refractivity contribution in [3.63, 3.8) is 0 Å². The third kappa shape index (κ3) is 3.34. The fourth-order valence-electron chi connectivity index (χ4n) is 4.21. The predicted octanol–water partition coefficient (Wildman–Crippen LogP) is 5.83. The van der Waals surface area contributed by atoms with Crippen molar-refractivity contribution in [3.05, 3.63) is 113 Å². The highest BCUT2D eigenvalue weighted by Crippen LogP contribution is 2.42. The first kappa shape index (κ1) is 21.1.